The minimum atomic E-state index is -0.759. The smallest absolute Gasteiger partial charge is 0.342 e. The zero-order chi connectivity index (χ0) is 27.2. The van der Waals surface area contributed by atoms with Gasteiger partial charge in [-0.3, -0.25) is 14.5 Å². The standard InChI is InChI=1S/C29H41NO7/c1-19(11-13-23(31)35-17-16-30-14-8-7-9-15-30)10-12-21-25(34-6)20(2)22-18-36-27(32)24(22)26(21)37-28(33)29(3,4)5/h10H,7-9,11-18H2,1-6H3. The number of allylic oxidation sites excluding steroid dienone is 2. The number of likely N-dealkylation sites (tertiary alicyclic amines) is 1. The van der Waals surface area contributed by atoms with Gasteiger partial charge >= 0.3 is 17.9 Å². The molecule has 0 unspecified atom stereocenters. The second kappa shape index (κ2) is 12.6. The molecule has 8 heteroatoms. The number of esters is 3. The summed E-state index contributed by atoms with van der Waals surface area (Å²) < 4.78 is 22.2. The molecule has 1 fully saturated rings. The van der Waals surface area contributed by atoms with Crippen LogP contribution in [-0.4, -0.2) is 56.2 Å². The van der Waals surface area contributed by atoms with E-state index in [-0.39, 0.29) is 23.9 Å². The number of fused-ring (bicyclic) bond motifs is 1. The van der Waals surface area contributed by atoms with E-state index in [1.165, 1.54) is 19.3 Å². The topological polar surface area (TPSA) is 91.4 Å². The second-order valence-corrected chi connectivity index (χ2v) is 10.9. The molecule has 1 aromatic carbocycles. The maximum absolute atomic E-state index is 12.8. The van der Waals surface area contributed by atoms with Crippen LogP contribution in [-0.2, 0) is 32.1 Å². The summed E-state index contributed by atoms with van der Waals surface area (Å²) in [6.07, 6.45) is 6.89. The molecule has 1 aromatic rings. The molecule has 0 aliphatic carbocycles. The molecule has 0 radical (unpaired) electrons. The zero-order valence-corrected chi connectivity index (χ0v) is 23.2. The zero-order valence-electron chi connectivity index (χ0n) is 23.2. The van der Waals surface area contributed by atoms with Crippen LogP contribution in [0.15, 0.2) is 11.6 Å². The first kappa shape index (κ1) is 28.7. The van der Waals surface area contributed by atoms with E-state index < -0.39 is 17.4 Å². The predicted molar refractivity (Wildman–Crippen MR) is 140 cm³/mol. The quantitative estimate of drug-likeness (QED) is 0.246. The van der Waals surface area contributed by atoms with E-state index in [9.17, 15) is 14.4 Å². The molecule has 2 aliphatic rings. The van der Waals surface area contributed by atoms with Crippen LogP contribution in [0.5, 0.6) is 11.5 Å². The molecule has 0 bridgehead atoms. The Balaban J connectivity index is 1.71. The van der Waals surface area contributed by atoms with Crippen LogP contribution in [0, 0.1) is 12.3 Å². The Labute approximate surface area is 220 Å². The van der Waals surface area contributed by atoms with Crippen LogP contribution >= 0.6 is 0 Å². The van der Waals surface area contributed by atoms with Gasteiger partial charge in [0, 0.05) is 24.1 Å². The molecule has 2 aliphatic heterocycles. The van der Waals surface area contributed by atoms with Crippen LogP contribution in [0.4, 0.5) is 0 Å². The normalized spacial score (nSPS) is 16.3. The van der Waals surface area contributed by atoms with Crippen molar-refractivity contribution in [3.8, 4) is 11.5 Å². The van der Waals surface area contributed by atoms with Gasteiger partial charge in [-0.15, -0.1) is 0 Å². The van der Waals surface area contributed by atoms with Gasteiger partial charge in [0.15, 0.2) is 5.75 Å². The summed E-state index contributed by atoms with van der Waals surface area (Å²) in [5.74, 6) is -0.407. The number of cyclic esters (lactones) is 1. The lowest BCUT2D eigenvalue weighted by atomic mass is 9.93. The Morgan fingerprint density at radius 3 is 2.43 bits per heavy atom. The highest BCUT2D eigenvalue weighted by molar-refractivity contribution is 5.99. The molecular weight excluding hydrogens is 474 g/mol. The Morgan fingerprint density at radius 1 is 1.08 bits per heavy atom. The van der Waals surface area contributed by atoms with E-state index in [2.05, 4.69) is 4.90 Å². The fourth-order valence-corrected chi connectivity index (χ4v) is 4.59. The number of ether oxygens (including phenoxy) is 4. The number of piperidine rings is 1. The van der Waals surface area contributed by atoms with Gasteiger partial charge in [0.1, 0.15) is 24.5 Å². The number of carbonyl (C=O) groups excluding carboxylic acids is 3. The highest BCUT2D eigenvalue weighted by Crippen LogP contribution is 2.43. The Hall–Kier alpha value is -2.87. The first-order valence-electron chi connectivity index (χ1n) is 13.2. The molecule has 0 amide bonds. The SMILES string of the molecule is COc1c(C)c2c(c(OC(=O)C(C)(C)C)c1CC=C(C)CCC(=O)OCCN1CCCCC1)C(=O)OC2. The van der Waals surface area contributed by atoms with E-state index in [1.807, 2.05) is 19.9 Å². The van der Waals surface area contributed by atoms with Crippen LogP contribution in [0.1, 0.15) is 86.8 Å². The second-order valence-electron chi connectivity index (χ2n) is 10.9. The molecule has 0 N–H and O–H groups in total. The van der Waals surface area contributed by atoms with Gasteiger partial charge in [0.05, 0.1) is 12.5 Å². The van der Waals surface area contributed by atoms with Crippen molar-refractivity contribution in [2.75, 3.05) is 33.4 Å². The number of nitrogens with zero attached hydrogens (tertiary/aromatic N) is 1. The van der Waals surface area contributed by atoms with Crippen LogP contribution in [0.2, 0.25) is 0 Å². The highest BCUT2D eigenvalue weighted by Gasteiger charge is 2.35. The van der Waals surface area contributed by atoms with E-state index in [1.54, 1.807) is 27.9 Å². The summed E-state index contributed by atoms with van der Waals surface area (Å²) >= 11 is 0. The summed E-state index contributed by atoms with van der Waals surface area (Å²) in [5, 5.41) is 0. The maximum atomic E-state index is 12.8. The minimum Gasteiger partial charge on any atom is -0.496 e. The minimum absolute atomic E-state index is 0.117. The average molecular weight is 516 g/mol. The van der Waals surface area contributed by atoms with Crippen LogP contribution < -0.4 is 9.47 Å². The number of benzene rings is 1. The molecule has 204 valence electrons. The Kier molecular flexibility index (Phi) is 9.76. The van der Waals surface area contributed by atoms with Crippen molar-refractivity contribution in [2.24, 2.45) is 5.41 Å². The average Bonchev–Trinajstić information content (AvgIpc) is 3.25. The molecule has 0 spiro atoms. The summed E-state index contributed by atoms with van der Waals surface area (Å²) in [6, 6.07) is 0. The molecule has 37 heavy (non-hydrogen) atoms. The monoisotopic (exact) mass is 515 g/mol. The Bertz CT molecular complexity index is 1050. The molecule has 0 atom stereocenters. The van der Waals surface area contributed by atoms with Gasteiger partial charge in [0.2, 0.25) is 0 Å². The van der Waals surface area contributed by atoms with E-state index >= 15 is 0 Å². The third-order valence-electron chi connectivity index (χ3n) is 6.93. The Morgan fingerprint density at radius 2 is 1.78 bits per heavy atom. The molecule has 2 heterocycles. The van der Waals surface area contributed by atoms with Crippen molar-refractivity contribution in [1.82, 2.24) is 4.90 Å². The molecule has 0 aromatic heterocycles. The first-order chi connectivity index (χ1) is 17.5. The summed E-state index contributed by atoms with van der Waals surface area (Å²) in [7, 11) is 1.56. The van der Waals surface area contributed by atoms with Crippen molar-refractivity contribution in [3.63, 3.8) is 0 Å². The van der Waals surface area contributed by atoms with E-state index in [0.29, 0.717) is 42.7 Å². The molecule has 3 rings (SSSR count). The summed E-state index contributed by atoms with van der Waals surface area (Å²) in [5.41, 5.74) is 2.59. The van der Waals surface area contributed by atoms with Crippen molar-refractivity contribution >= 4 is 17.9 Å². The van der Waals surface area contributed by atoms with Gasteiger partial charge in [0.25, 0.3) is 0 Å². The summed E-state index contributed by atoms with van der Waals surface area (Å²) in [4.78, 5) is 40.0. The summed E-state index contributed by atoms with van der Waals surface area (Å²) in [6.45, 7) is 12.6. The van der Waals surface area contributed by atoms with Crippen LogP contribution in [0.25, 0.3) is 0 Å². The molecular formula is C29H41NO7. The van der Waals surface area contributed by atoms with Gasteiger partial charge in [-0.2, -0.15) is 0 Å². The number of methoxy groups -OCH3 is 1. The third-order valence-corrected chi connectivity index (χ3v) is 6.93. The van der Waals surface area contributed by atoms with E-state index in [0.717, 1.165) is 30.8 Å². The predicted octanol–water partition coefficient (Wildman–Crippen LogP) is 4.92. The van der Waals surface area contributed by atoms with Crippen molar-refractivity contribution < 1.29 is 33.3 Å². The lowest BCUT2D eigenvalue weighted by Gasteiger charge is -2.25. The van der Waals surface area contributed by atoms with Crippen molar-refractivity contribution in [3.05, 3.63) is 33.9 Å². The van der Waals surface area contributed by atoms with Gasteiger partial charge < -0.3 is 18.9 Å². The number of hydrogen-bond acceptors (Lipinski definition) is 8. The fourth-order valence-electron chi connectivity index (χ4n) is 4.59. The fraction of sp³-hybridized carbons (Fsp3) is 0.621. The third kappa shape index (κ3) is 7.34. The maximum Gasteiger partial charge on any atom is 0.342 e. The lowest BCUT2D eigenvalue weighted by molar-refractivity contribution is -0.144. The van der Waals surface area contributed by atoms with Crippen LogP contribution in [0.3, 0.4) is 0 Å². The lowest BCUT2D eigenvalue weighted by Crippen LogP contribution is -2.33. The van der Waals surface area contributed by atoms with Crippen molar-refractivity contribution in [2.45, 2.75) is 79.8 Å². The first-order valence-corrected chi connectivity index (χ1v) is 13.2. The molecule has 1 saturated heterocycles. The number of hydrogen-bond donors (Lipinski definition) is 0. The molecule has 8 nitrogen and oxygen atoms in total. The van der Waals surface area contributed by atoms with Gasteiger partial charge in [-0.1, -0.05) is 18.1 Å². The molecule has 0 saturated carbocycles. The largest absolute Gasteiger partial charge is 0.496 e. The van der Waals surface area contributed by atoms with E-state index in [4.69, 9.17) is 18.9 Å². The van der Waals surface area contributed by atoms with Crippen molar-refractivity contribution in [1.29, 1.82) is 0 Å². The number of rotatable bonds is 10. The highest BCUT2D eigenvalue weighted by atomic mass is 16.6. The van der Waals surface area contributed by atoms with Gasteiger partial charge in [-0.25, -0.2) is 4.79 Å². The van der Waals surface area contributed by atoms with Gasteiger partial charge in [-0.05, 0) is 79.0 Å². The number of carbonyl (C=O) groups is 3.